The Morgan fingerprint density at radius 2 is 1.67 bits per heavy atom. The summed E-state index contributed by atoms with van der Waals surface area (Å²) in [5.74, 6) is 0. The maximum atomic E-state index is 5.50. The number of hydrogen-bond acceptors (Lipinski definition) is 1. The minimum absolute atomic E-state index is 0.418. The summed E-state index contributed by atoms with van der Waals surface area (Å²) in [5.41, 5.74) is 0. The normalized spacial score (nSPS) is 12.7. The molecule has 0 unspecified atom stereocenters. The molecule has 1 nitrogen and oxygen atoms in total. The zero-order valence-corrected chi connectivity index (χ0v) is 10.0. The molecule has 0 aromatic carbocycles. The van der Waals surface area contributed by atoms with Gasteiger partial charge in [-0.3, -0.25) is 0 Å². The molecule has 56 valence electrons. The molecule has 0 aromatic heterocycles. The molecule has 0 radical (unpaired) electrons. The Balaban J connectivity index is 3.28. The summed E-state index contributed by atoms with van der Waals surface area (Å²) < 4.78 is 6.56. The van der Waals surface area contributed by atoms with E-state index in [1.807, 2.05) is 0 Å². The van der Waals surface area contributed by atoms with Crippen molar-refractivity contribution in [2.75, 3.05) is 4.62 Å². The predicted molar refractivity (Wildman–Crippen MR) is 44.4 cm³/mol. The molecule has 0 spiro atoms. The van der Waals surface area contributed by atoms with Gasteiger partial charge >= 0.3 is 62.5 Å². The Morgan fingerprint density at radius 3 is 1.78 bits per heavy atom. The first-order chi connectivity index (χ1) is 3.92. The van der Waals surface area contributed by atoms with Gasteiger partial charge in [0.15, 0.2) is 0 Å². The van der Waals surface area contributed by atoms with Crippen molar-refractivity contribution in [2.45, 2.75) is 34.8 Å². The number of rotatable bonds is 3. The van der Waals surface area contributed by atoms with Gasteiger partial charge in [-0.15, -0.1) is 0 Å². The van der Waals surface area contributed by atoms with Crippen LogP contribution in [0.15, 0.2) is 0 Å². The van der Waals surface area contributed by atoms with Crippen molar-refractivity contribution in [3.05, 3.63) is 0 Å². The predicted octanol–water partition coefficient (Wildman–Crippen LogP) is 2.29. The zero-order chi connectivity index (χ0) is 7.49. The van der Waals surface area contributed by atoms with Crippen LogP contribution in [0.4, 0.5) is 0 Å². The van der Waals surface area contributed by atoms with Crippen molar-refractivity contribution in [3.8, 4) is 0 Å². The van der Waals surface area contributed by atoms with Crippen LogP contribution in [0.5, 0.6) is 0 Å². The summed E-state index contributed by atoms with van der Waals surface area (Å²) in [6.45, 7) is 4.19. The van der Waals surface area contributed by atoms with Gasteiger partial charge in [-0.25, -0.2) is 0 Å². The van der Waals surface area contributed by atoms with Crippen LogP contribution in [0.25, 0.3) is 0 Å². The molecule has 2 heteroatoms. The van der Waals surface area contributed by atoms with Gasteiger partial charge in [0.1, 0.15) is 0 Å². The van der Waals surface area contributed by atoms with E-state index in [0.29, 0.717) is 6.10 Å². The fraction of sp³-hybridized carbons (Fsp3) is 1.00. The van der Waals surface area contributed by atoms with Gasteiger partial charge in [-0.1, -0.05) is 0 Å². The maximum absolute atomic E-state index is 5.50. The minimum atomic E-state index is -1.58. The van der Waals surface area contributed by atoms with E-state index in [4.69, 9.17) is 4.74 Å². The van der Waals surface area contributed by atoms with Gasteiger partial charge in [0.2, 0.25) is 0 Å². The molecule has 0 aromatic rings. The Kier molecular flexibility index (Phi) is 4.13. The fourth-order valence-electron chi connectivity index (χ4n) is 0.417. The second kappa shape index (κ2) is 3.81. The van der Waals surface area contributed by atoms with Crippen molar-refractivity contribution in [2.24, 2.45) is 0 Å². The zero-order valence-electron chi connectivity index (χ0n) is 7.19. The summed E-state index contributed by atoms with van der Waals surface area (Å²) in [6, 6.07) is 0. The third-order valence-electron chi connectivity index (χ3n) is 0.850. The van der Waals surface area contributed by atoms with Gasteiger partial charge in [-0.2, -0.15) is 0 Å². The van der Waals surface area contributed by atoms with Crippen molar-refractivity contribution in [1.29, 1.82) is 0 Å². The Morgan fingerprint density at radius 1 is 1.22 bits per heavy atom. The molecular formula is C7H18OSn. The second-order valence-electron chi connectivity index (χ2n) is 3.92. The van der Waals surface area contributed by atoms with Crippen LogP contribution in [0.1, 0.15) is 13.8 Å². The SMILES string of the molecule is CC(C)O[CH2][Sn]([CH3])([CH3])[CH3]. The fourth-order valence-corrected chi connectivity index (χ4v) is 2.80. The Labute approximate surface area is 62.7 Å². The topological polar surface area (TPSA) is 9.23 Å². The van der Waals surface area contributed by atoms with E-state index in [2.05, 4.69) is 28.7 Å². The molecule has 0 fully saturated rings. The molecule has 0 saturated carbocycles. The summed E-state index contributed by atoms with van der Waals surface area (Å²) in [7, 11) is 0. The first-order valence-corrected chi connectivity index (χ1v) is 14.1. The first kappa shape index (κ1) is 9.76. The van der Waals surface area contributed by atoms with E-state index >= 15 is 0 Å². The molecule has 0 atom stereocenters. The van der Waals surface area contributed by atoms with Gasteiger partial charge < -0.3 is 0 Å². The van der Waals surface area contributed by atoms with Crippen LogP contribution in [0, 0.1) is 0 Å². The summed E-state index contributed by atoms with van der Waals surface area (Å²) in [5, 5.41) is 0. The molecular weight excluding hydrogens is 219 g/mol. The van der Waals surface area contributed by atoms with Crippen LogP contribution in [0.3, 0.4) is 0 Å². The van der Waals surface area contributed by atoms with Crippen molar-refractivity contribution in [1.82, 2.24) is 0 Å². The van der Waals surface area contributed by atoms with E-state index in [-0.39, 0.29) is 0 Å². The van der Waals surface area contributed by atoms with Crippen molar-refractivity contribution < 1.29 is 4.74 Å². The molecule has 0 saturated heterocycles. The van der Waals surface area contributed by atoms with E-state index in [1.165, 1.54) is 0 Å². The summed E-state index contributed by atoms with van der Waals surface area (Å²) in [4.78, 5) is 7.16. The molecule has 0 bridgehead atoms. The van der Waals surface area contributed by atoms with Crippen molar-refractivity contribution in [3.63, 3.8) is 0 Å². The Hall–Kier alpha value is 0.759. The van der Waals surface area contributed by atoms with Crippen molar-refractivity contribution >= 4 is 18.4 Å². The van der Waals surface area contributed by atoms with E-state index in [0.717, 1.165) is 4.62 Å². The molecule has 0 aliphatic carbocycles. The molecule has 0 amide bonds. The van der Waals surface area contributed by atoms with E-state index in [9.17, 15) is 0 Å². The average Bonchev–Trinajstić information content (AvgIpc) is 1.59. The number of hydrogen-bond donors (Lipinski definition) is 0. The quantitative estimate of drug-likeness (QED) is 0.684. The molecule has 9 heavy (non-hydrogen) atoms. The van der Waals surface area contributed by atoms with Crippen LogP contribution in [-0.2, 0) is 4.74 Å². The number of ether oxygens (including phenoxy) is 1. The summed E-state index contributed by atoms with van der Waals surface area (Å²) in [6.07, 6.45) is 0.418. The first-order valence-electron chi connectivity index (χ1n) is 3.53. The second-order valence-corrected chi connectivity index (χ2v) is 19.4. The van der Waals surface area contributed by atoms with Gasteiger partial charge in [-0.05, 0) is 0 Å². The summed E-state index contributed by atoms with van der Waals surface area (Å²) >= 11 is -1.58. The third kappa shape index (κ3) is 8.76. The molecule has 0 heterocycles. The van der Waals surface area contributed by atoms with E-state index in [1.54, 1.807) is 0 Å². The van der Waals surface area contributed by atoms with Crippen LogP contribution >= 0.6 is 0 Å². The average molecular weight is 237 g/mol. The standard InChI is InChI=1S/C4H9O.3CH3.Sn/c1-4(2)5-3;;;;/h4H,3H2,1-2H3;3*1H3;. The molecule has 0 aliphatic rings. The van der Waals surface area contributed by atoms with Crippen LogP contribution < -0.4 is 0 Å². The molecule has 0 rings (SSSR count). The molecule has 0 aliphatic heterocycles. The Bertz CT molecular complexity index is 73.5. The van der Waals surface area contributed by atoms with Crippen LogP contribution in [-0.4, -0.2) is 29.1 Å². The molecule has 0 N–H and O–H groups in total. The third-order valence-corrected chi connectivity index (χ3v) is 3.80. The monoisotopic (exact) mass is 238 g/mol. The van der Waals surface area contributed by atoms with Gasteiger partial charge in [0.25, 0.3) is 0 Å². The van der Waals surface area contributed by atoms with Gasteiger partial charge in [0, 0.05) is 0 Å². The van der Waals surface area contributed by atoms with E-state index < -0.39 is 18.4 Å². The van der Waals surface area contributed by atoms with Gasteiger partial charge in [0.05, 0.1) is 0 Å². The van der Waals surface area contributed by atoms with Crippen LogP contribution in [0.2, 0.25) is 14.8 Å².